The zero-order valence-corrected chi connectivity index (χ0v) is 13.8. The van der Waals surface area contributed by atoms with Crippen molar-refractivity contribution in [3.63, 3.8) is 0 Å². The van der Waals surface area contributed by atoms with Crippen molar-refractivity contribution in [2.75, 3.05) is 0 Å². The summed E-state index contributed by atoms with van der Waals surface area (Å²) in [6.07, 6.45) is 8.43. The van der Waals surface area contributed by atoms with Crippen molar-refractivity contribution in [3.8, 4) is 0 Å². The van der Waals surface area contributed by atoms with Gasteiger partial charge in [-0.3, -0.25) is 5.10 Å². The molecule has 2 nitrogen and oxygen atoms in total. The second-order valence-corrected chi connectivity index (χ2v) is 5.90. The highest BCUT2D eigenvalue weighted by Gasteiger charge is 2.03. The lowest BCUT2D eigenvalue weighted by Gasteiger charge is -1.97. The van der Waals surface area contributed by atoms with Crippen LogP contribution < -0.4 is 0 Å². The van der Waals surface area contributed by atoms with Crippen LogP contribution in [-0.2, 0) is 0 Å². The first-order valence-electron chi connectivity index (χ1n) is 8.33. The fraction of sp³-hybridized carbons (Fsp3) is 0. The Morgan fingerprint density at radius 3 is 1.88 bits per heavy atom. The molecule has 0 amide bonds. The monoisotopic (exact) mass is 322 g/mol. The van der Waals surface area contributed by atoms with Crippen LogP contribution in [0, 0.1) is 0 Å². The zero-order valence-electron chi connectivity index (χ0n) is 13.8. The molecule has 3 aromatic carbocycles. The molecule has 1 N–H and O–H groups in total. The van der Waals surface area contributed by atoms with Crippen molar-refractivity contribution < 1.29 is 0 Å². The van der Waals surface area contributed by atoms with Gasteiger partial charge in [-0.1, -0.05) is 85.0 Å². The summed E-state index contributed by atoms with van der Waals surface area (Å²) in [6.45, 7) is 0. The molecular formula is C23H18N2. The fourth-order valence-corrected chi connectivity index (χ4v) is 2.78. The Morgan fingerprint density at radius 2 is 1.20 bits per heavy atom. The molecule has 0 spiro atoms. The van der Waals surface area contributed by atoms with E-state index in [1.807, 2.05) is 36.4 Å². The molecule has 4 rings (SSSR count). The number of benzene rings is 3. The first kappa shape index (κ1) is 15.2. The third-order valence-electron chi connectivity index (χ3n) is 4.12. The second kappa shape index (κ2) is 7.02. The zero-order chi connectivity index (χ0) is 16.9. The number of fused-ring (bicyclic) bond motifs is 1. The molecule has 120 valence electrons. The molecule has 0 bridgehead atoms. The first-order valence-corrected chi connectivity index (χ1v) is 8.33. The van der Waals surface area contributed by atoms with E-state index in [0.29, 0.717) is 0 Å². The van der Waals surface area contributed by atoms with Gasteiger partial charge < -0.3 is 0 Å². The van der Waals surface area contributed by atoms with Crippen molar-refractivity contribution in [1.29, 1.82) is 0 Å². The van der Waals surface area contributed by atoms with E-state index >= 15 is 0 Å². The summed E-state index contributed by atoms with van der Waals surface area (Å²) in [5.74, 6) is 0. The quantitative estimate of drug-likeness (QED) is 0.465. The summed E-state index contributed by atoms with van der Waals surface area (Å²) in [6, 6.07) is 26.9. The predicted octanol–water partition coefficient (Wildman–Crippen LogP) is 5.90. The molecule has 0 radical (unpaired) electrons. The highest BCUT2D eigenvalue weighted by molar-refractivity contribution is 5.91. The van der Waals surface area contributed by atoms with Crippen LogP contribution >= 0.6 is 0 Å². The molecule has 0 aliphatic rings. The van der Waals surface area contributed by atoms with Crippen molar-refractivity contribution in [2.24, 2.45) is 0 Å². The van der Waals surface area contributed by atoms with E-state index < -0.39 is 0 Å². The van der Waals surface area contributed by atoms with Gasteiger partial charge in [0.05, 0.1) is 11.2 Å². The number of rotatable bonds is 4. The van der Waals surface area contributed by atoms with E-state index in [1.165, 1.54) is 11.1 Å². The number of nitrogens with one attached hydrogen (secondary N) is 1. The minimum absolute atomic E-state index is 0.976. The van der Waals surface area contributed by atoms with Crippen molar-refractivity contribution in [1.82, 2.24) is 10.2 Å². The molecule has 0 unspecified atom stereocenters. The molecule has 4 aromatic rings. The summed E-state index contributed by atoms with van der Waals surface area (Å²) in [7, 11) is 0. The molecule has 0 saturated carbocycles. The fourth-order valence-electron chi connectivity index (χ4n) is 2.78. The summed E-state index contributed by atoms with van der Waals surface area (Å²) in [5.41, 5.74) is 5.52. The molecule has 0 aliphatic carbocycles. The first-order chi connectivity index (χ1) is 12.4. The Kier molecular flexibility index (Phi) is 4.25. The number of nitrogens with zero attached hydrogens (tertiary/aromatic N) is 1. The van der Waals surface area contributed by atoms with Crippen molar-refractivity contribution in [3.05, 3.63) is 101 Å². The highest BCUT2D eigenvalue weighted by Crippen LogP contribution is 2.21. The minimum atomic E-state index is 0.976. The topological polar surface area (TPSA) is 28.7 Å². The maximum Gasteiger partial charge on any atom is 0.0927 e. The highest BCUT2D eigenvalue weighted by atomic mass is 15.1. The maximum absolute atomic E-state index is 4.39. The summed E-state index contributed by atoms with van der Waals surface area (Å²) < 4.78 is 0. The standard InChI is InChI=1S/C23H18N2/c1-3-7-18(8-4-1)11-12-20-14-16-23-21(17-20)22(24-25-23)15-13-19-9-5-2-6-10-19/h1-17H,(H,24,25). The van der Waals surface area contributed by atoms with Gasteiger partial charge in [-0.05, 0) is 34.9 Å². The normalized spacial score (nSPS) is 11.7. The van der Waals surface area contributed by atoms with Crippen LogP contribution in [0.1, 0.15) is 22.4 Å². The molecule has 0 fully saturated rings. The van der Waals surface area contributed by atoms with Crippen LogP contribution in [0.4, 0.5) is 0 Å². The third-order valence-corrected chi connectivity index (χ3v) is 4.12. The smallest absolute Gasteiger partial charge is 0.0927 e. The van der Waals surface area contributed by atoms with Gasteiger partial charge in [-0.15, -0.1) is 0 Å². The molecule has 2 heteroatoms. The van der Waals surface area contributed by atoms with E-state index in [4.69, 9.17) is 0 Å². The van der Waals surface area contributed by atoms with Crippen LogP contribution in [0.25, 0.3) is 35.2 Å². The Balaban J connectivity index is 1.64. The maximum atomic E-state index is 4.39. The van der Waals surface area contributed by atoms with Gasteiger partial charge in [0.1, 0.15) is 0 Å². The van der Waals surface area contributed by atoms with E-state index in [1.54, 1.807) is 0 Å². The van der Waals surface area contributed by atoms with E-state index in [9.17, 15) is 0 Å². The Morgan fingerprint density at radius 1 is 0.600 bits per heavy atom. The number of H-pyrrole nitrogens is 1. The van der Waals surface area contributed by atoms with Crippen LogP contribution in [0.15, 0.2) is 78.9 Å². The van der Waals surface area contributed by atoms with Crippen LogP contribution in [0.3, 0.4) is 0 Å². The van der Waals surface area contributed by atoms with E-state index in [-0.39, 0.29) is 0 Å². The Labute approximate surface area is 147 Å². The lowest BCUT2D eigenvalue weighted by Crippen LogP contribution is -1.76. The van der Waals surface area contributed by atoms with Crippen LogP contribution in [0.2, 0.25) is 0 Å². The van der Waals surface area contributed by atoms with Gasteiger partial charge in [0.25, 0.3) is 0 Å². The number of aromatic amines is 1. The predicted molar refractivity (Wildman–Crippen MR) is 107 cm³/mol. The lowest BCUT2D eigenvalue weighted by atomic mass is 10.1. The third kappa shape index (κ3) is 3.59. The van der Waals surface area contributed by atoms with E-state index in [2.05, 4.69) is 77.0 Å². The lowest BCUT2D eigenvalue weighted by molar-refractivity contribution is 1.11. The summed E-state index contributed by atoms with van der Waals surface area (Å²) in [5, 5.41) is 8.64. The van der Waals surface area contributed by atoms with Gasteiger partial charge >= 0.3 is 0 Å². The van der Waals surface area contributed by atoms with Gasteiger partial charge in [0.15, 0.2) is 0 Å². The van der Waals surface area contributed by atoms with Gasteiger partial charge in [-0.2, -0.15) is 5.10 Å². The Bertz CT molecular complexity index is 1030. The average Bonchev–Trinajstić information content (AvgIpc) is 3.09. The molecule has 0 atom stereocenters. The molecule has 0 aliphatic heterocycles. The summed E-state index contributed by atoms with van der Waals surface area (Å²) in [4.78, 5) is 0. The van der Waals surface area contributed by atoms with Crippen LogP contribution in [-0.4, -0.2) is 10.2 Å². The molecule has 0 saturated heterocycles. The minimum Gasteiger partial charge on any atom is -0.277 e. The SMILES string of the molecule is C(=Cc1ccc2n[nH]c(C=Cc3ccccc3)c2c1)c1ccccc1. The number of hydrogen-bond donors (Lipinski definition) is 1. The van der Waals surface area contributed by atoms with Gasteiger partial charge in [0.2, 0.25) is 0 Å². The Hall–Kier alpha value is -3.39. The molecule has 1 aromatic heterocycles. The largest absolute Gasteiger partial charge is 0.277 e. The number of hydrogen-bond acceptors (Lipinski definition) is 1. The van der Waals surface area contributed by atoms with Crippen molar-refractivity contribution >= 4 is 35.2 Å². The average molecular weight is 322 g/mol. The van der Waals surface area contributed by atoms with Gasteiger partial charge in [0, 0.05) is 5.39 Å². The van der Waals surface area contributed by atoms with E-state index in [0.717, 1.165) is 22.2 Å². The van der Waals surface area contributed by atoms with Gasteiger partial charge in [-0.25, -0.2) is 0 Å². The molecule has 25 heavy (non-hydrogen) atoms. The van der Waals surface area contributed by atoms with Crippen LogP contribution in [0.5, 0.6) is 0 Å². The molecule has 1 heterocycles. The summed E-state index contributed by atoms with van der Waals surface area (Å²) >= 11 is 0. The number of aromatic nitrogens is 2. The van der Waals surface area contributed by atoms with Crippen molar-refractivity contribution in [2.45, 2.75) is 0 Å². The second-order valence-electron chi connectivity index (χ2n) is 5.90. The molecular weight excluding hydrogens is 304 g/mol.